The minimum atomic E-state index is 0.504. The van der Waals surface area contributed by atoms with Crippen LogP contribution in [-0.2, 0) is 6.61 Å². The Kier molecular flexibility index (Phi) is 10.5. The smallest absolute Gasteiger partial charge is 0.133 e. The van der Waals surface area contributed by atoms with Crippen LogP contribution in [0.5, 0.6) is 11.5 Å². The number of rotatable bonds is 14. The van der Waals surface area contributed by atoms with E-state index >= 15 is 0 Å². The summed E-state index contributed by atoms with van der Waals surface area (Å²) in [5.41, 5.74) is 3.33. The van der Waals surface area contributed by atoms with E-state index < -0.39 is 0 Å². The van der Waals surface area contributed by atoms with Gasteiger partial charge in [-0.1, -0.05) is 106 Å². The van der Waals surface area contributed by atoms with Crippen molar-refractivity contribution in [2.24, 2.45) is 0 Å². The molecule has 0 aromatic heterocycles. The molecule has 0 aliphatic rings. The first-order valence-corrected chi connectivity index (χ1v) is 12.4. The summed E-state index contributed by atoms with van der Waals surface area (Å²) < 4.78 is 12.0. The van der Waals surface area contributed by atoms with Gasteiger partial charge in [0.05, 0.1) is 11.5 Å². The molecule has 3 rings (SSSR count). The van der Waals surface area contributed by atoms with E-state index in [9.17, 15) is 0 Å². The molecule has 3 aromatic carbocycles. The molecule has 0 fully saturated rings. The number of thiol groups is 1. The fraction of sp³-hybridized carbons (Fsp3) is 0.379. The lowest BCUT2D eigenvalue weighted by Gasteiger charge is -2.13. The summed E-state index contributed by atoms with van der Waals surface area (Å²) in [6.07, 6.45) is 10.5. The summed E-state index contributed by atoms with van der Waals surface area (Å²) >= 11 is 4.72. The summed E-state index contributed by atoms with van der Waals surface area (Å²) in [6.45, 7) is 3.56. The fourth-order valence-corrected chi connectivity index (χ4v) is 4.10. The summed E-state index contributed by atoms with van der Waals surface area (Å²) in [4.78, 5) is 0.865. The number of unbranched alkanes of at least 4 members (excludes halogenated alkanes) is 7. The standard InChI is InChI=1S/C29H36O2S/c1-2-3-4-5-6-7-8-12-22-30-26-20-18-24(19-21-26)23-31-28-17-13-16-27(29(28)32)25-14-10-9-11-15-25/h9-11,13-21,32H,2-8,12,22-23H2,1H3. The molecule has 0 aliphatic carbocycles. The molecule has 0 heterocycles. The van der Waals surface area contributed by atoms with E-state index in [1.807, 2.05) is 42.5 Å². The van der Waals surface area contributed by atoms with Crippen LogP contribution < -0.4 is 9.47 Å². The summed E-state index contributed by atoms with van der Waals surface area (Å²) in [7, 11) is 0. The molecule has 2 nitrogen and oxygen atoms in total. The Morgan fingerprint density at radius 1 is 0.656 bits per heavy atom. The predicted octanol–water partition coefficient (Wildman–Crippen LogP) is 8.74. The number of benzene rings is 3. The molecular formula is C29H36O2S. The van der Waals surface area contributed by atoms with Gasteiger partial charge in [-0.25, -0.2) is 0 Å². The predicted molar refractivity (Wildman–Crippen MR) is 138 cm³/mol. The van der Waals surface area contributed by atoms with E-state index in [4.69, 9.17) is 22.1 Å². The lowest BCUT2D eigenvalue weighted by Crippen LogP contribution is -1.99. The average molecular weight is 449 g/mol. The molecule has 3 aromatic rings. The van der Waals surface area contributed by atoms with Crippen LogP contribution in [0.4, 0.5) is 0 Å². The first-order chi connectivity index (χ1) is 15.8. The second-order valence-corrected chi connectivity index (χ2v) is 8.72. The quantitative estimate of drug-likeness (QED) is 0.196. The zero-order chi connectivity index (χ0) is 22.4. The molecule has 32 heavy (non-hydrogen) atoms. The zero-order valence-corrected chi connectivity index (χ0v) is 20.2. The first kappa shape index (κ1) is 24.3. The molecule has 0 N–H and O–H groups in total. The van der Waals surface area contributed by atoms with Gasteiger partial charge in [0.15, 0.2) is 0 Å². The van der Waals surface area contributed by atoms with Gasteiger partial charge in [-0.05, 0) is 41.3 Å². The van der Waals surface area contributed by atoms with Gasteiger partial charge in [-0.3, -0.25) is 0 Å². The van der Waals surface area contributed by atoms with Crippen molar-refractivity contribution in [3.63, 3.8) is 0 Å². The SMILES string of the molecule is CCCCCCCCCCOc1ccc(COc2cccc(-c3ccccc3)c2S)cc1. The Bertz CT molecular complexity index is 906. The van der Waals surface area contributed by atoms with Crippen molar-refractivity contribution < 1.29 is 9.47 Å². The number of hydrogen-bond donors (Lipinski definition) is 1. The number of ether oxygens (including phenoxy) is 2. The lowest BCUT2D eigenvalue weighted by atomic mass is 10.1. The highest BCUT2D eigenvalue weighted by molar-refractivity contribution is 7.80. The Morgan fingerprint density at radius 2 is 1.34 bits per heavy atom. The highest BCUT2D eigenvalue weighted by Crippen LogP contribution is 2.34. The lowest BCUT2D eigenvalue weighted by molar-refractivity contribution is 0.296. The van der Waals surface area contributed by atoms with Crippen LogP contribution in [0.3, 0.4) is 0 Å². The summed E-state index contributed by atoms with van der Waals surface area (Å²) in [5.74, 6) is 1.72. The van der Waals surface area contributed by atoms with E-state index in [-0.39, 0.29) is 0 Å². The Balaban J connectivity index is 1.40. The van der Waals surface area contributed by atoms with Crippen LogP contribution in [-0.4, -0.2) is 6.61 Å². The van der Waals surface area contributed by atoms with Crippen molar-refractivity contribution in [1.82, 2.24) is 0 Å². The van der Waals surface area contributed by atoms with Crippen LogP contribution in [0, 0.1) is 0 Å². The largest absolute Gasteiger partial charge is 0.494 e. The van der Waals surface area contributed by atoms with Crippen molar-refractivity contribution >= 4 is 12.6 Å². The molecule has 0 aliphatic heterocycles. The molecule has 3 heteroatoms. The normalized spacial score (nSPS) is 10.8. The van der Waals surface area contributed by atoms with Crippen LogP contribution in [0.25, 0.3) is 11.1 Å². The van der Waals surface area contributed by atoms with Crippen molar-refractivity contribution in [3.05, 3.63) is 78.4 Å². The summed E-state index contributed by atoms with van der Waals surface area (Å²) in [6, 6.07) is 24.5. The molecule has 170 valence electrons. The fourth-order valence-electron chi connectivity index (χ4n) is 3.76. The van der Waals surface area contributed by atoms with E-state index in [0.29, 0.717) is 6.61 Å². The van der Waals surface area contributed by atoms with E-state index in [2.05, 4.69) is 37.3 Å². The Morgan fingerprint density at radius 3 is 2.06 bits per heavy atom. The van der Waals surface area contributed by atoms with E-state index in [1.165, 1.54) is 44.9 Å². The average Bonchev–Trinajstić information content (AvgIpc) is 2.84. The molecule has 0 bridgehead atoms. The maximum atomic E-state index is 6.07. The van der Waals surface area contributed by atoms with Crippen LogP contribution in [0.15, 0.2) is 77.7 Å². The third kappa shape index (κ3) is 7.94. The second kappa shape index (κ2) is 13.9. The van der Waals surface area contributed by atoms with Gasteiger partial charge in [0, 0.05) is 0 Å². The highest BCUT2D eigenvalue weighted by Gasteiger charge is 2.08. The first-order valence-electron chi connectivity index (χ1n) is 12.0. The van der Waals surface area contributed by atoms with Gasteiger partial charge in [0.2, 0.25) is 0 Å². The molecule has 0 spiro atoms. The molecule has 0 amide bonds. The second-order valence-electron chi connectivity index (χ2n) is 8.27. The van der Waals surface area contributed by atoms with Gasteiger partial charge in [-0.2, -0.15) is 0 Å². The van der Waals surface area contributed by atoms with Gasteiger partial charge in [-0.15, -0.1) is 12.6 Å². The topological polar surface area (TPSA) is 18.5 Å². The Hall–Kier alpha value is -2.39. The molecule has 0 radical (unpaired) electrons. The van der Waals surface area contributed by atoms with Crippen molar-refractivity contribution in [3.8, 4) is 22.6 Å². The van der Waals surface area contributed by atoms with Gasteiger partial charge in [0.25, 0.3) is 0 Å². The van der Waals surface area contributed by atoms with Crippen LogP contribution in [0.1, 0.15) is 63.9 Å². The minimum absolute atomic E-state index is 0.504. The van der Waals surface area contributed by atoms with Gasteiger partial charge < -0.3 is 9.47 Å². The minimum Gasteiger partial charge on any atom is -0.494 e. The van der Waals surface area contributed by atoms with Crippen molar-refractivity contribution in [1.29, 1.82) is 0 Å². The maximum absolute atomic E-state index is 6.07. The zero-order valence-electron chi connectivity index (χ0n) is 19.3. The van der Waals surface area contributed by atoms with E-state index in [1.54, 1.807) is 0 Å². The van der Waals surface area contributed by atoms with Crippen LogP contribution >= 0.6 is 12.6 Å². The highest BCUT2D eigenvalue weighted by atomic mass is 32.1. The third-order valence-electron chi connectivity index (χ3n) is 5.67. The Labute approximate surface area is 199 Å². The molecule has 0 atom stereocenters. The molecule has 0 saturated carbocycles. The molecule has 0 unspecified atom stereocenters. The maximum Gasteiger partial charge on any atom is 0.133 e. The van der Waals surface area contributed by atoms with Crippen molar-refractivity contribution in [2.45, 2.75) is 69.8 Å². The van der Waals surface area contributed by atoms with Gasteiger partial charge >= 0.3 is 0 Å². The van der Waals surface area contributed by atoms with Crippen LogP contribution in [0.2, 0.25) is 0 Å². The van der Waals surface area contributed by atoms with Gasteiger partial charge in [0.1, 0.15) is 18.1 Å². The molecular weight excluding hydrogens is 412 g/mol. The summed E-state index contributed by atoms with van der Waals surface area (Å²) in [5, 5.41) is 0. The molecule has 0 saturated heterocycles. The number of hydrogen-bond acceptors (Lipinski definition) is 3. The van der Waals surface area contributed by atoms with E-state index in [0.717, 1.165) is 46.1 Å². The third-order valence-corrected chi connectivity index (χ3v) is 6.13. The monoisotopic (exact) mass is 448 g/mol. The van der Waals surface area contributed by atoms with Crippen molar-refractivity contribution in [2.75, 3.05) is 6.61 Å².